The highest BCUT2D eigenvalue weighted by Crippen LogP contribution is 2.36. The van der Waals surface area contributed by atoms with Gasteiger partial charge >= 0.3 is 6.18 Å². The summed E-state index contributed by atoms with van der Waals surface area (Å²) in [6, 6.07) is 6.45. The summed E-state index contributed by atoms with van der Waals surface area (Å²) in [5.41, 5.74) is 0.484. The molecule has 1 aromatic heterocycles. The number of ether oxygens (including phenoxy) is 1. The van der Waals surface area contributed by atoms with Gasteiger partial charge in [0.25, 0.3) is 0 Å². The first-order chi connectivity index (χ1) is 8.91. The Morgan fingerprint density at radius 2 is 1.89 bits per heavy atom. The molecule has 0 saturated heterocycles. The Bertz CT molecular complexity index is 551. The number of hydrogen-bond donors (Lipinski definition) is 1. The minimum Gasteiger partial charge on any atom is -0.497 e. The monoisotopic (exact) mass is 289 g/mol. The number of methoxy groups -OCH3 is 1. The number of aliphatic hydroxyl groups excluding tert-OH is 1. The second kappa shape index (κ2) is 5.18. The summed E-state index contributed by atoms with van der Waals surface area (Å²) in [7, 11) is 1.50. The van der Waals surface area contributed by atoms with E-state index in [1.165, 1.54) is 7.11 Å². The standard InChI is InChI=1S/C12H10F3NO2S/c1-18-8-4-2-7(3-5-8)10(17)9-6-16-11(19-9)12(13,14)15/h2-6,10,17H,1H3. The average molecular weight is 289 g/mol. The van der Waals surface area contributed by atoms with E-state index in [2.05, 4.69) is 4.98 Å². The molecule has 0 aliphatic heterocycles. The zero-order valence-corrected chi connectivity index (χ0v) is 10.6. The van der Waals surface area contributed by atoms with E-state index in [-0.39, 0.29) is 4.88 Å². The minimum absolute atomic E-state index is 0.150. The maximum atomic E-state index is 12.4. The van der Waals surface area contributed by atoms with Gasteiger partial charge in [-0.1, -0.05) is 12.1 Å². The van der Waals surface area contributed by atoms with Crippen molar-refractivity contribution < 1.29 is 23.0 Å². The van der Waals surface area contributed by atoms with Crippen molar-refractivity contribution in [2.45, 2.75) is 12.3 Å². The van der Waals surface area contributed by atoms with Gasteiger partial charge in [-0.05, 0) is 17.7 Å². The SMILES string of the molecule is COc1ccc(C(O)c2cnc(C(F)(F)F)s2)cc1. The summed E-state index contributed by atoms with van der Waals surface area (Å²) < 4.78 is 42.2. The van der Waals surface area contributed by atoms with E-state index in [0.717, 1.165) is 6.20 Å². The third kappa shape index (κ3) is 3.05. The van der Waals surface area contributed by atoms with Crippen LogP contribution in [0.1, 0.15) is 21.6 Å². The van der Waals surface area contributed by atoms with E-state index >= 15 is 0 Å². The molecule has 1 heterocycles. The Labute approximate surface area is 111 Å². The molecular formula is C12H10F3NO2S. The van der Waals surface area contributed by atoms with Crippen LogP contribution in [-0.4, -0.2) is 17.2 Å². The van der Waals surface area contributed by atoms with Crippen LogP contribution in [-0.2, 0) is 6.18 Å². The largest absolute Gasteiger partial charge is 0.497 e. The minimum atomic E-state index is -4.48. The van der Waals surface area contributed by atoms with E-state index < -0.39 is 17.3 Å². The fourth-order valence-electron chi connectivity index (χ4n) is 1.49. The Morgan fingerprint density at radius 3 is 2.37 bits per heavy atom. The van der Waals surface area contributed by atoms with Crippen molar-refractivity contribution in [3.8, 4) is 5.75 Å². The van der Waals surface area contributed by atoms with Crippen LogP contribution in [0.4, 0.5) is 13.2 Å². The first-order valence-corrected chi connectivity index (χ1v) is 6.08. The van der Waals surface area contributed by atoms with Crippen molar-refractivity contribution in [1.29, 1.82) is 0 Å². The number of aliphatic hydroxyl groups is 1. The summed E-state index contributed by atoms with van der Waals surface area (Å²) in [6.45, 7) is 0. The Morgan fingerprint density at radius 1 is 1.26 bits per heavy atom. The molecule has 2 aromatic rings. The molecule has 0 spiro atoms. The summed E-state index contributed by atoms with van der Waals surface area (Å²) in [6.07, 6.45) is -4.57. The average Bonchev–Trinajstić information content (AvgIpc) is 2.87. The molecule has 0 amide bonds. The molecule has 1 unspecified atom stereocenters. The summed E-state index contributed by atoms with van der Waals surface area (Å²) in [5.74, 6) is 0.608. The smallest absolute Gasteiger partial charge is 0.443 e. The van der Waals surface area contributed by atoms with E-state index in [0.29, 0.717) is 22.6 Å². The molecule has 0 aliphatic carbocycles. The molecule has 2 rings (SSSR count). The van der Waals surface area contributed by atoms with Crippen molar-refractivity contribution in [3.63, 3.8) is 0 Å². The number of thiazole rings is 1. The molecule has 1 N–H and O–H groups in total. The number of rotatable bonds is 3. The van der Waals surface area contributed by atoms with Gasteiger partial charge in [0.15, 0.2) is 5.01 Å². The summed E-state index contributed by atoms with van der Waals surface area (Å²) >= 11 is 0.435. The number of aromatic nitrogens is 1. The Kier molecular flexibility index (Phi) is 3.77. The highest BCUT2D eigenvalue weighted by Gasteiger charge is 2.35. The zero-order valence-electron chi connectivity index (χ0n) is 9.81. The van der Waals surface area contributed by atoms with Crippen LogP contribution in [0, 0.1) is 0 Å². The Hall–Kier alpha value is -1.60. The molecule has 3 nitrogen and oxygen atoms in total. The lowest BCUT2D eigenvalue weighted by molar-refractivity contribution is -0.137. The van der Waals surface area contributed by atoms with Crippen LogP contribution in [0.3, 0.4) is 0 Å². The van der Waals surface area contributed by atoms with Gasteiger partial charge in [0.05, 0.1) is 12.0 Å². The fraction of sp³-hybridized carbons (Fsp3) is 0.250. The van der Waals surface area contributed by atoms with Gasteiger partial charge in [-0.15, -0.1) is 11.3 Å². The predicted molar refractivity (Wildman–Crippen MR) is 64.2 cm³/mol. The van der Waals surface area contributed by atoms with Crippen molar-refractivity contribution in [1.82, 2.24) is 4.98 Å². The molecule has 0 bridgehead atoms. The first kappa shape index (κ1) is 13.8. The van der Waals surface area contributed by atoms with E-state index in [4.69, 9.17) is 4.74 Å². The zero-order chi connectivity index (χ0) is 14.0. The van der Waals surface area contributed by atoms with Crippen LogP contribution in [0.15, 0.2) is 30.5 Å². The second-order valence-corrected chi connectivity index (χ2v) is 4.80. The lowest BCUT2D eigenvalue weighted by atomic mass is 10.1. The molecule has 0 radical (unpaired) electrons. The number of halogens is 3. The van der Waals surface area contributed by atoms with Crippen molar-refractivity contribution in [3.05, 3.63) is 45.9 Å². The van der Waals surface area contributed by atoms with Gasteiger partial charge in [-0.3, -0.25) is 0 Å². The maximum absolute atomic E-state index is 12.4. The van der Waals surface area contributed by atoms with Crippen molar-refractivity contribution in [2.75, 3.05) is 7.11 Å². The normalized spacial score (nSPS) is 13.3. The highest BCUT2D eigenvalue weighted by molar-refractivity contribution is 7.11. The predicted octanol–water partition coefficient (Wildman–Crippen LogP) is 3.25. The number of nitrogens with zero attached hydrogens (tertiary/aromatic N) is 1. The van der Waals surface area contributed by atoms with Gasteiger partial charge in [0.2, 0.25) is 0 Å². The highest BCUT2D eigenvalue weighted by atomic mass is 32.1. The second-order valence-electron chi connectivity index (χ2n) is 3.74. The van der Waals surface area contributed by atoms with Gasteiger partial charge in [0, 0.05) is 6.20 Å². The molecule has 0 saturated carbocycles. The summed E-state index contributed by atoms with van der Waals surface area (Å²) in [5, 5.41) is 9.03. The van der Waals surface area contributed by atoms with E-state index in [1.807, 2.05) is 0 Å². The topological polar surface area (TPSA) is 42.4 Å². The van der Waals surface area contributed by atoms with Crippen LogP contribution in [0.5, 0.6) is 5.75 Å². The van der Waals surface area contributed by atoms with Crippen LogP contribution >= 0.6 is 11.3 Å². The lowest BCUT2D eigenvalue weighted by Gasteiger charge is -2.09. The lowest BCUT2D eigenvalue weighted by Crippen LogP contribution is -2.03. The maximum Gasteiger partial charge on any atom is 0.443 e. The molecule has 7 heteroatoms. The number of alkyl halides is 3. The summed E-state index contributed by atoms with van der Waals surface area (Å²) in [4.78, 5) is 3.43. The van der Waals surface area contributed by atoms with Gasteiger partial charge in [0.1, 0.15) is 11.9 Å². The van der Waals surface area contributed by atoms with E-state index in [9.17, 15) is 18.3 Å². The van der Waals surface area contributed by atoms with Gasteiger partial charge in [-0.25, -0.2) is 4.98 Å². The van der Waals surface area contributed by atoms with Gasteiger partial charge in [-0.2, -0.15) is 13.2 Å². The third-order valence-electron chi connectivity index (χ3n) is 2.47. The van der Waals surface area contributed by atoms with Crippen LogP contribution < -0.4 is 4.74 Å². The molecular weight excluding hydrogens is 279 g/mol. The van der Waals surface area contributed by atoms with Crippen molar-refractivity contribution >= 4 is 11.3 Å². The number of benzene rings is 1. The molecule has 1 atom stereocenters. The molecule has 102 valence electrons. The Balaban J connectivity index is 2.23. The van der Waals surface area contributed by atoms with Crippen molar-refractivity contribution in [2.24, 2.45) is 0 Å². The molecule has 19 heavy (non-hydrogen) atoms. The first-order valence-electron chi connectivity index (χ1n) is 5.26. The number of hydrogen-bond acceptors (Lipinski definition) is 4. The fourth-order valence-corrected chi connectivity index (χ4v) is 2.29. The van der Waals surface area contributed by atoms with E-state index in [1.54, 1.807) is 24.3 Å². The molecule has 1 aromatic carbocycles. The van der Waals surface area contributed by atoms with Crippen LogP contribution in [0.2, 0.25) is 0 Å². The molecule has 0 aliphatic rings. The quantitative estimate of drug-likeness (QED) is 0.943. The van der Waals surface area contributed by atoms with Crippen LogP contribution in [0.25, 0.3) is 0 Å². The van der Waals surface area contributed by atoms with Gasteiger partial charge < -0.3 is 9.84 Å². The third-order valence-corrected chi connectivity index (χ3v) is 3.56. The molecule has 0 fully saturated rings.